The van der Waals surface area contributed by atoms with Crippen LogP contribution in [0.25, 0.3) is 0 Å². The van der Waals surface area contributed by atoms with Gasteiger partial charge in [-0.3, -0.25) is 4.68 Å². The Morgan fingerprint density at radius 1 is 1.41 bits per heavy atom. The maximum atomic E-state index is 9.03. The molecule has 0 aliphatic rings. The van der Waals surface area contributed by atoms with Gasteiger partial charge in [-0.15, -0.1) is 0 Å². The van der Waals surface area contributed by atoms with Crippen molar-refractivity contribution < 1.29 is 0 Å². The van der Waals surface area contributed by atoms with Crippen molar-refractivity contribution in [3.8, 4) is 6.07 Å². The maximum Gasteiger partial charge on any atom is 0.101 e. The van der Waals surface area contributed by atoms with Crippen LogP contribution < -0.4 is 5.32 Å². The van der Waals surface area contributed by atoms with Gasteiger partial charge in [0.05, 0.1) is 23.5 Å². The highest BCUT2D eigenvalue weighted by Gasteiger charge is 2.02. The smallest absolute Gasteiger partial charge is 0.101 e. The van der Waals surface area contributed by atoms with Crippen molar-refractivity contribution in [1.82, 2.24) is 9.78 Å². The molecule has 0 atom stereocenters. The Balaban J connectivity index is 2.12. The Morgan fingerprint density at radius 3 is 2.88 bits per heavy atom. The topological polar surface area (TPSA) is 53.6 Å². The van der Waals surface area contributed by atoms with Gasteiger partial charge in [-0.1, -0.05) is 6.07 Å². The highest BCUT2D eigenvalue weighted by atomic mass is 15.3. The molecular weight excluding hydrogens is 212 g/mol. The fourth-order valence-corrected chi connectivity index (χ4v) is 1.65. The van der Waals surface area contributed by atoms with Crippen molar-refractivity contribution in [2.24, 2.45) is 7.05 Å². The highest BCUT2D eigenvalue weighted by Crippen LogP contribution is 2.16. The van der Waals surface area contributed by atoms with Crippen LogP contribution >= 0.6 is 0 Å². The molecule has 4 nitrogen and oxygen atoms in total. The number of benzene rings is 1. The summed E-state index contributed by atoms with van der Waals surface area (Å²) in [5.41, 5.74) is 3.56. The van der Waals surface area contributed by atoms with Crippen molar-refractivity contribution in [3.63, 3.8) is 0 Å². The summed E-state index contributed by atoms with van der Waals surface area (Å²) in [5, 5.41) is 16.5. The Kier molecular flexibility index (Phi) is 3.10. The minimum Gasteiger partial charge on any atom is -0.378 e. The maximum absolute atomic E-state index is 9.03. The molecule has 4 heteroatoms. The van der Waals surface area contributed by atoms with E-state index in [1.54, 1.807) is 4.68 Å². The van der Waals surface area contributed by atoms with Gasteiger partial charge in [0.2, 0.25) is 0 Å². The first-order chi connectivity index (χ1) is 8.19. The summed E-state index contributed by atoms with van der Waals surface area (Å²) in [6, 6.07) is 9.93. The third-order valence-electron chi connectivity index (χ3n) is 2.52. The standard InChI is InChI=1S/C13H14N4/c1-10-3-4-13(11(7-10)8-14)15-9-12-5-6-17(2)16-12/h3-7,15H,9H2,1-2H3. The lowest BCUT2D eigenvalue weighted by Crippen LogP contribution is -2.02. The predicted molar refractivity (Wildman–Crippen MR) is 66.4 cm³/mol. The molecule has 2 rings (SSSR count). The number of anilines is 1. The Morgan fingerprint density at radius 2 is 2.24 bits per heavy atom. The molecule has 1 aromatic heterocycles. The Labute approximate surface area is 100 Å². The quantitative estimate of drug-likeness (QED) is 0.873. The van der Waals surface area contributed by atoms with E-state index in [9.17, 15) is 0 Å². The molecule has 0 fully saturated rings. The number of nitrogens with zero attached hydrogens (tertiary/aromatic N) is 3. The van der Waals surface area contributed by atoms with Crippen molar-refractivity contribution in [1.29, 1.82) is 5.26 Å². The van der Waals surface area contributed by atoms with Gasteiger partial charge in [-0.2, -0.15) is 10.4 Å². The number of hydrogen-bond acceptors (Lipinski definition) is 3. The van der Waals surface area contributed by atoms with Crippen LogP contribution in [0.5, 0.6) is 0 Å². The molecule has 0 saturated heterocycles. The van der Waals surface area contributed by atoms with Crippen LogP contribution in [0.15, 0.2) is 30.5 Å². The molecule has 0 aliphatic heterocycles. The zero-order valence-electron chi connectivity index (χ0n) is 9.94. The van der Waals surface area contributed by atoms with Gasteiger partial charge in [-0.05, 0) is 30.7 Å². The molecule has 0 bridgehead atoms. The summed E-state index contributed by atoms with van der Waals surface area (Å²) >= 11 is 0. The van der Waals surface area contributed by atoms with Gasteiger partial charge < -0.3 is 5.32 Å². The van der Waals surface area contributed by atoms with E-state index in [2.05, 4.69) is 16.5 Å². The molecule has 0 spiro atoms. The van der Waals surface area contributed by atoms with Gasteiger partial charge in [0.25, 0.3) is 0 Å². The second kappa shape index (κ2) is 4.71. The van der Waals surface area contributed by atoms with E-state index in [1.165, 1.54) is 0 Å². The van der Waals surface area contributed by atoms with Crippen molar-refractivity contribution in [2.45, 2.75) is 13.5 Å². The second-order valence-corrected chi connectivity index (χ2v) is 4.00. The van der Waals surface area contributed by atoms with E-state index < -0.39 is 0 Å². The third-order valence-corrected chi connectivity index (χ3v) is 2.52. The van der Waals surface area contributed by atoms with Crippen LogP contribution in [-0.2, 0) is 13.6 Å². The van der Waals surface area contributed by atoms with Gasteiger partial charge in [0, 0.05) is 13.2 Å². The number of nitrogens with one attached hydrogen (secondary N) is 1. The number of aryl methyl sites for hydroxylation is 2. The van der Waals surface area contributed by atoms with Gasteiger partial charge >= 0.3 is 0 Å². The summed E-state index contributed by atoms with van der Waals surface area (Å²) in [6.45, 7) is 2.60. The average molecular weight is 226 g/mol. The van der Waals surface area contributed by atoms with E-state index in [4.69, 9.17) is 5.26 Å². The lowest BCUT2D eigenvalue weighted by molar-refractivity contribution is 0.747. The average Bonchev–Trinajstić information content (AvgIpc) is 2.73. The molecular formula is C13H14N4. The molecule has 2 aromatic rings. The van der Waals surface area contributed by atoms with Gasteiger partial charge in [-0.25, -0.2) is 0 Å². The second-order valence-electron chi connectivity index (χ2n) is 4.00. The summed E-state index contributed by atoms with van der Waals surface area (Å²) in [4.78, 5) is 0. The monoisotopic (exact) mass is 226 g/mol. The van der Waals surface area contributed by atoms with Crippen molar-refractivity contribution in [2.75, 3.05) is 5.32 Å². The zero-order valence-corrected chi connectivity index (χ0v) is 9.94. The molecule has 17 heavy (non-hydrogen) atoms. The van der Waals surface area contributed by atoms with Crippen LogP contribution in [-0.4, -0.2) is 9.78 Å². The molecule has 1 aromatic carbocycles. The largest absolute Gasteiger partial charge is 0.378 e. The van der Waals surface area contributed by atoms with E-state index in [0.29, 0.717) is 12.1 Å². The van der Waals surface area contributed by atoms with Crippen LogP contribution in [0.2, 0.25) is 0 Å². The Hall–Kier alpha value is -2.28. The molecule has 1 heterocycles. The van der Waals surface area contributed by atoms with Crippen molar-refractivity contribution in [3.05, 3.63) is 47.3 Å². The number of aromatic nitrogens is 2. The molecule has 1 N–H and O–H groups in total. The van der Waals surface area contributed by atoms with Crippen LogP contribution in [0, 0.1) is 18.3 Å². The first-order valence-corrected chi connectivity index (χ1v) is 5.42. The highest BCUT2D eigenvalue weighted by molar-refractivity contribution is 5.58. The lowest BCUT2D eigenvalue weighted by atomic mass is 10.1. The van der Waals surface area contributed by atoms with E-state index in [1.807, 2.05) is 44.4 Å². The number of hydrogen-bond donors (Lipinski definition) is 1. The Bertz CT molecular complexity index is 563. The number of rotatable bonds is 3. The molecule has 0 aliphatic carbocycles. The fraction of sp³-hybridized carbons (Fsp3) is 0.231. The number of nitriles is 1. The molecule has 0 unspecified atom stereocenters. The predicted octanol–water partition coefficient (Wildman–Crippen LogP) is 2.21. The molecule has 86 valence electrons. The molecule has 0 radical (unpaired) electrons. The first-order valence-electron chi connectivity index (χ1n) is 5.42. The van der Waals surface area contributed by atoms with Gasteiger partial charge in [0.1, 0.15) is 6.07 Å². The molecule has 0 saturated carbocycles. The minimum absolute atomic E-state index is 0.624. The van der Waals surface area contributed by atoms with Crippen molar-refractivity contribution >= 4 is 5.69 Å². The third kappa shape index (κ3) is 2.64. The summed E-state index contributed by atoms with van der Waals surface area (Å²) in [5.74, 6) is 0. The normalized spacial score (nSPS) is 9.94. The fourth-order valence-electron chi connectivity index (χ4n) is 1.65. The lowest BCUT2D eigenvalue weighted by Gasteiger charge is -2.07. The van der Waals surface area contributed by atoms with Crippen LogP contribution in [0.1, 0.15) is 16.8 Å². The molecule has 0 amide bonds. The van der Waals surface area contributed by atoms with E-state index in [0.717, 1.165) is 16.9 Å². The van der Waals surface area contributed by atoms with E-state index in [-0.39, 0.29) is 0 Å². The summed E-state index contributed by atoms with van der Waals surface area (Å²) < 4.78 is 1.76. The summed E-state index contributed by atoms with van der Waals surface area (Å²) in [7, 11) is 1.89. The van der Waals surface area contributed by atoms with Gasteiger partial charge in [0.15, 0.2) is 0 Å². The zero-order chi connectivity index (χ0) is 12.3. The van der Waals surface area contributed by atoms with Crippen LogP contribution in [0.3, 0.4) is 0 Å². The SMILES string of the molecule is Cc1ccc(NCc2ccn(C)n2)c(C#N)c1. The first kappa shape index (κ1) is 11.2. The summed E-state index contributed by atoms with van der Waals surface area (Å²) in [6.07, 6.45) is 1.90. The van der Waals surface area contributed by atoms with Crippen LogP contribution in [0.4, 0.5) is 5.69 Å². The van der Waals surface area contributed by atoms with E-state index >= 15 is 0 Å². The minimum atomic E-state index is 0.624.